The summed E-state index contributed by atoms with van der Waals surface area (Å²) in [5, 5.41) is 16.9. The fourth-order valence-corrected chi connectivity index (χ4v) is 3.65. The fourth-order valence-electron chi connectivity index (χ4n) is 3.65. The van der Waals surface area contributed by atoms with Crippen LogP contribution < -0.4 is 33.2 Å². The van der Waals surface area contributed by atoms with Gasteiger partial charge >= 0.3 is 5.97 Å². The number of primary amides is 1. The number of amides is 4. The summed E-state index contributed by atoms with van der Waals surface area (Å²) in [4.78, 5) is 61.5. The molecule has 1 aromatic carbocycles. The van der Waals surface area contributed by atoms with Gasteiger partial charge in [0.05, 0.1) is 12.5 Å². The second kappa shape index (κ2) is 16.3. The summed E-state index contributed by atoms with van der Waals surface area (Å²) in [6.07, 6.45) is 1.19. The Balaban J connectivity index is 2.97. The number of hydrogen-bond donors (Lipinski definition) is 7. The summed E-state index contributed by atoms with van der Waals surface area (Å²) in [5.74, 6) is -4.21. The lowest BCUT2D eigenvalue weighted by Gasteiger charge is -2.26. The summed E-state index contributed by atoms with van der Waals surface area (Å²) >= 11 is 0. The number of carboxylic acid groups (broad SMARTS) is 1. The van der Waals surface area contributed by atoms with E-state index in [0.29, 0.717) is 19.4 Å². The van der Waals surface area contributed by atoms with E-state index in [1.807, 2.05) is 44.2 Å². The number of carbonyl (C=O) groups is 5. The van der Waals surface area contributed by atoms with E-state index in [2.05, 4.69) is 16.0 Å². The zero-order valence-corrected chi connectivity index (χ0v) is 21.4. The van der Waals surface area contributed by atoms with Crippen LogP contribution in [-0.4, -0.2) is 65.4 Å². The van der Waals surface area contributed by atoms with Crippen molar-refractivity contribution in [1.29, 1.82) is 0 Å². The maximum atomic E-state index is 13.2. The van der Waals surface area contributed by atoms with Crippen LogP contribution in [0.15, 0.2) is 30.3 Å². The van der Waals surface area contributed by atoms with Crippen LogP contribution in [0.4, 0.5) is 0 Å². The minimum Gasteiger partial charge on any atom is -0.480 e. The van der Waals surface area contributed by atoms with Crippen molar-refractivity contribution in [2.75, 3.05) is 6.54 Å². The molecular weight excluding hydrogens is 480 g/mol. The number of rotatable bonds is 17. The molecule has 0 spiro atoms. The lowest BCUT2D eigenvalue weighted by molar-refractivity contribution is -0.143. The Kier molecular flexibility index (Phi) is 13.9. The Morgan fingerprint density at radius 1 is 0.865 bits per heavy atom. The largest absolute Gasteiger partial charge is 0.480 e. The van der Waals surface area contributed by atoms with Gasteiger partial charge in [0.25, 0.3) is 0 Å². The molecule has 0 saturated heterocycles. The number of carbonyl (C=O) groups excluding carboxylic acids is 4. The number of nitrogens with one attached hydrogen (secondary N) is 3. The Morgan fingerprint density at radius 2 is 1.43 bits per heavy atom. The van der Waals surface area contributed by atoms with Crippen LogP contribution in [0.5, 0.6) is 0 Å². The van der Waals surface area contributed by atoms with E-state index in [1.165, 1.54) is 0 Å². The van der Waals surface area contributed by atoms with Gasteiger partial charge in [0.15, 0.2) is 0 Å². The Hall–Kier alpha value is -3.51. The smallest absolute Gasteiger partial charge is 0.326 e. The number of aliphatic carboxylic acids is 1. The van der Waals surface area contributed by atoms with E-state index in [1.54, 1.807) is 0 Å². The van der Waals surface area contributed by atoms with Gasteiger partial charge in [-0.3, -0.25) is 19.2 Å². The van der Waals surface area contributed by atoms with Crippen molar-refractivity contribution in [3.63, 3.8) is 0 Å². The molecule has 37 heavy (non-hydrogen) atoms. The van der Waals surface area contributed by atoms with Crippen LogP contribution in [0.2, 0.25) is 0 Å². The summed E-state index contributed by atoms with van der Waals surface area (Å²) in [5.41, 5.74) is 17.6. The van der Waals surface area contributed by atoms with Crippen LogP contribution in [-0.2, 0) is 30.4 Å². The molecule has 0 radical (unpaired) electrons. The molecule has 10 N–H and O–H groups in total. The third-order valence-corrected chi connectivity index (χ3v) is 5.58. The Bertz CT molecular complexity index is 910. The quantitative estimate of drug-likeness (QED) is 0.128. The SMILES string of the molecule is CC(C)CC(NC(=O)C(N)Cc1ccccc1)C(=O)NC(CCCCN)C(=O)NC(CC(N)=O)C(=O)O. The maximum Gasteiger partial charge on any atom is 0.326 e. The molecule has 1 aromatic rings. The van der Waals surface area contributed by atoms with E-state index in [0.717, 1.165) is 5.56 Å². The molecule has 0 aromatic heterocycles. The van der Waals surface area contributed by atoms with Crippen molar-refractivity contribution >= 4 is 29.6 Å². The third-order valence-electron chi connectivity index (χ3n) is 5.58. The molecule has 0 aliphatic heterocycles. The van der Waals surface area contributed by atoms with Gasteiger partial charge in [-0.2, -0.15) is 0 Å². The van der Waals surface area contributed by atoms with Crippen molar-refractivity contribution < 1.29 is 29.1 Å². The maximum absolute atomic E-state index is 13.2. The summed E-state index contributed by atoms with van der Waals surface area (Å²) in [6, 6.07) is 4.70. The first-order valence-corrected chi connectivity index (χ1v) is 12.4. The molecular formula is C25H40N6O6. The minimum absolute atomic E-state index is 0.0258. The molecule has 1 rings (SSSR count). The number of carboxylic acids is 1. The molecule has 12 nitrogen and oxygen atoms in total. The topological polar surface area (TPSA) is 220 Å². The van der Waals surface area contributed by atoms with Gasteiger partial charge < -0.3 is 38.3 Å². The van der Waals surface area contributed by atoms with Gasteiger partial charge in [0, 0.05) is 0 Å². The first-order valence-electron chi connectivity index (χ1n) is 12.4. The van der Waals surface area contributed by atoms with Crippen LogP contribution in [0.25, 0.3) is 0 Å². The molecule has 12 heteroatoms. The highest BCUT2D eigenvalue weighted by Gasteiger charge is 2.31. The van der Waals surface area contributed by atoms with Gasteiger partial charge in [-0.1, -0.05) is 44.2 Å². The summed E-state index contributed by atoms with van der Waals surface area (Å²) < 4.78 is 0. The highest BCUT2D eigenvalue weighted by Crippen LogP contribution is 2.09. The molecule has 4 amide bonds. The molecule has 4 unspecified atom stereocenters. The minimum atomic E-state index is -1.54. The standard InChI is InChI=1S/C25H40N6O6/c1-15(2)12-19(30-22(33)17(27)13-16-8-4-3-5-9-16)24(35)29-18(10-6-7-11-26)23(34)31-20(25(36)37)14-21(28)32/h3-5,8-9,15,17-20H,6-7,10-14,26-27H2,1-2H3,(H2,28,32)(H,29,35)(H,30,33)(H,31,34)(H,36,37). The van der Waals surface area contributed by atoms with Crippen molar-refractivity contribution in [2.45, 2.75) is 76.5 Å². The molecule has 0 aliphatic rings. The number of unbranched alkanes of at least 4 members (excludes halogenated alkanes) is 1. The van der Waals surface area contributed by atoms with Gasteiger partial charge in [-0.15, -0.1) is 0 Å². The van der Waals surface area contributed by atoms with Gasteiger partial charge in [-0.05, 0) is 50.1 Å². The zero-order chi connectivity index (χ0) is 28.0. The third kappa shape index (κ3) is 12.3. The predicted octanol–water partition coefficient (Wildman–Crippen LogP) is -0.854. The normalized spacial score (nSPS) is 14.2. The van der Waals surface area contributed by atoms with Crippen LogP contribution in [0.3, 0.4) is 0 Å². The van der Waals surface area contributed by atoms with E-state index in [9.17, 15) is 29.1 Å². The van der Waals surface area contributed by atoms with Crippen LogP contribution >= 0.6 is 0 Å². The second-order valence-electron chi connectivity index (χ2n) is 9.40. The molecule has 0 aliphatic carbocycles. The zero-order valence-electron chi connectivity index (χ0n) is 21.4. The lowest BCUT2D eigenvalue weighted by Crippen LogP contribution is -2.57. The van der Waals surface area contributed by atoms with Crippen molar-refractivity contribution in [1.82, 2.24) is 16.0 Å². The Morgan fingerprint density at radius 3 is 1.97 bits per heavy atom. The second-order valence-corrected chi connectivity index (χ2v) is 9.40. The predicted molar refractivity (Wildman–Crippen MR) is 138 cm³/mol. The highest BCUT2D eigenvalue weighted by atomic mass is 16.4. The van der Waals surface area contributed by atoms with E-state index >= 15 is 0 Å². The van der Waals surface area contributed by atoms with Gasteiger partial charge in [-0.25, -0.2) is 4.79 Å². The molecule has 0 fully saturated rings. The van der Waals surface area contributed by atoms with Gasteiger partial charge in [0.2, 0.25) is 23.6 Å². The molecule has 0 bridgehead atoms. The van der Waals surface area contributed by atoms with Crippen molar-refractivity contribution in [3.05, 3.63) is 35.9 Å². The first-order chi connectivity index (χ1) is 17.4. The molecule has 0 saturated carbocycles. The van der Waals surface area contributed by atoms with E-state index in [-0.39, 0.29) is 25.2 Å². The van der Waals surface area contributed by atoms with Crippen LogP contribution in [0, 0.1) is 5.92 Å². The van der Waals surface area contributed by atoms with E-state index < -0.39 is 60.2 Å². The fraction of sp³-hybridized carbons (Fsp3) is 0.560. The Labute approximate surface area is 217 Å². The monoisotopic (exact) mass is 520 g/mol. The molecule has 4 atom stereocenters. The lowest BCUT2D eigenvalue weighted by atomic mass is 10.0. The van der Waals surface area contributed by atoms with Gasteiger partial charge in [0.1, 0.15) is 18.1 Å². The van der Waals surface area contributed by atoms with E-state index in [4.69, 9.17) is 17.2 Å². The molecule has 206 valence electrons. The first kappa shape index (κ1) is 31.5. The average Bonchev–Trinajstić information content (AvgIpc) is 2.82. The van der Waals surface area contributed by atoms with Crippen molar-refractivity contribution in [2.24, 2.45) is 23.1 Å². The highest BCUT2D eigenvalue weighted by molar-refractivity contribution is 5.94. The summed E-state index contributed by atoms with van der Waals surface area (Å²) in [6.45, 7) is 4.12. The number of benzene rings is 1. The number of hydrogen-bond acceptors (Lipinski definition) is 7. The van der Waals surface area contributed by atoms with Crippen LogP contribution in [0.1, 0.15) is 51.5 Å². The van der Waals surface area contributed by atoms with Crippen molar-refractivity contribution in [3.8, 4) is 0 Å². The molecule has 0 heterocycles. The number of nitrogens with two attached hydrogens (primary N) is 3. The average molecular weight is 521 g/mol. The summed E-state index contributed by atoms with van der Waals surface area (Å²) in [7, 11) is 0.